The largest absolute Gasteiger partial charge is 0.496 e. The molecule has 0 radical (unpaired) electrons. The van der Waals surface area contributed by atoms with Gasteiger partial charge in [0.2, 0.25) is 11.8 Å². The zero-order chi connectivity index (χ0) is 28.0. The van der Waals surface area contributed by atoms with Gasteiger partial charge in [0.25, 0.3) is 0 Å². The molecule has 1 aromatic carbocycles. The summed E-state index contributed by atoms with van der Waals surface area (Å²) in [5.74, 6) is -0.622. The van der Waals surface area contributed by atoms with Crippen LogP contribution in [0.5, 0.6) is 5.75 Å². The molecule has 0 spiro atoms. The van der Waals surface area contributed by atoms with Crippen molar-refractivity contribution in [1.29, 1.82) is 0 Å². The fraction of sp³-hybridized carbons (Fsp3) is 0.679. The van der Waals surface area contributed by atoms with E-state index in [0.717, 1.165) is 12.8 Å². The molecule has 5 rings (SSSR count). The van der Waals surface area contributed by atoms with Crippen molar-refractivity contribution in [1.82, 2.24) is 5.32 Å². The minimum absolute atomic E-state index is 0.0357. The maximum Gasteiger partial charge on any atom is 0.482 e. The van der Waals surface area contributed by atoms with Crippen LogP contribution < -0.4 is 15.8 Å². The molecule has 9 nitrogen and oxygen atoms in total. The van der Waals surface area contributed by atoms with Crippen molar-refractivity contribution in [3.63, 3.8) is 0 Å². The molecule has 38 heavy (non-hydrogen) atoms. The predicted molar refractivity (Wildman–Crippen MR) is 142 cm³/mol. The number of esters is 1. The Balaban J connectivity index is 1.61. The van der Waals surface area contributed by atoms with E-state index in [-0.39, 0.29) is 36.7 Å². The van der Waals surface area contributed by atoms with Gasteiger partial charge in [0, 0.05) is 12.8 Å². The molecule has 1 aliphatic heterocycles. The third kappa shape index (κ3) is 5.43. The van der Waals surface area contributed by atoms with Gasteiger partial charge in [0.05, 0.1) is 24.8 Å². The summed E-state index contributed by atoms with van der Waals surface area (Å²) in [6.07, 6.45) is 2.15. The minimum Gasteiger partial charge on any atom is -0.496 e. The maximum absolute atomic E-state index is 12.9. The lowest BCUT2D eigenvalue weighted by Crippen LogP contribution is -2.65. The van der Waals surface area contributed by atoms with Gasteiger partial charge >= 0.3 is 13.1 Å². The number of nitrogens with one attached hydrogen (secondary N) is 1. The van der Waals surface area contributed by atoms with Gasteiger partial charge in [-0.15, -0.1) is 0 Å². The number of carbonyl (C=O) groups is 3. The van der Waals surface area contributed by atoms with Crippen LogP contribution in [0.4, 0.5) is 0 Å². The van der Waals surface area contributed by atoms with E-state index in [1.807, 2.05) is 6.07 Å². The van der Waals surface area contributed by atoms with Crippen LogP contribution in [0.1, 0.15) is 83.1 Å². The van der Waals surface area contributed by atoms with Crippen molar-refractivity contribution in [2.24, 2.45) is 23.0 Å². The number of primary amides is 1. The van der Waals surface area contributed by atoms with Crippen LogP contribution in [-0.2, 0) is 30.1 Å². The summed E-state index contributed by atoms with van der Waals surface area (Å²) in [4.78, 5) is 37.0. The molecule has 4 fully saturated rings. The molecule has 10 heteroatoms. The summed E-state index contributed by atoms with van der Waals surface area (Å²) in [5, 5.41) is 3.01. The zero-order valence-electron chi connectivity index (χ0n) is 23.6. The smallest absolute Gasteiger partial charge is 0.482 e. The van der Waals surface area contributed by atoms with E-state index in [9.17, 15) is 14.4 Å². The highest BCUT2D eigenvalue weighted by Crippen LogP contribution is 2.65. The summed E-state index contributed by atoms with van der Waals surface area (Å²) in [7, 11) is 0.799. The van der Waals surface area contributed by atoms with Crippen LogP contribution in [0.25, 0.3) is 0 Å². The summed E-state index contributed by atoms with van der Waals surface area (Å²) in [6.45, 7) is 12.1. The van der Waals surface area contributed by atoms with Crippen LogP contribution >= 0.6 is 0 Å². The van der Waals surface area contributed by atoms with E-state index >= 15 is 0 Å². The summed E-state index contributed by atoms with van der Waals surface area (Å²) >= 11 is 0. The first kappa shape index (κ1) is 28.4. The van der Waals surface area contributed by atoms with Crippen molar-refractivity contribution >= 4 is 24.9 Å². The Hall–Kier alpha value is -2.59. The Morgan fingerprint density at radius 3 is 2.50 bits per heavy atom. The number of methoxy groups -OCH3 is 1. The number of nitrogens with two attached hydrogens (primary N) is 1. The minimum atomic E-state index is -0.701. The molecule has 2 bridgehead atoms. The van der Waals surface area contributed by atoms with Gasteiger partial charge in [-0.25, -0.2) is 4.79 Å². The van der Waals surface area contributed by atoms with Crippen molar-refractivity contribution in [2.75, 3.05) is 7.11 Å². The van der Waals surface area contributed by atoms with Crippen LogP contribution in [0.2, 0.25) is 0 Å². The summed E-state index contributed by atoms with van der Waals surface area (Å²) in [5.41, 5.74) is 5.31. The molecule has 3 saturated carbocycles. The van der Waals surface area contributed by atoms with E-state index in [2.05, 4.69) is 26.1 Å². The van der Waals surface area contributed by atoms with Gasteiger partial charge in [-0.1, -0.05) is 26.0 Å². The molecule has 2 amide bonds. The van der Waals surface area contributed by atoms with E-state index in [1.54, 1.807) is 32.9 Å². The van der Waals surface area contributed by atoms with Crippen molar-refractivity contribution in [3.8, 4) is 5.75 Å². The van der Waals surface area contributed by atoms with Crippen LogP contribution in [0, 0.1) is 17.3 Å². The third-order valence-electron chi connectivity index (χ3n) is 8.60. The molecule has 5 unspecified atom stereocenters. The van der Waals surface area contributed by atoms with E-state index in [1.165, 1.54) is 7.11 Å². The summed E-state index contributed by atoms with van der Waals surface area (Å²) in [6, 6.07) is 5.27. The second-order valence-corrected chi connectivity index (χ2v) is 12.7. The van der Waals surface area contributed by atoms with Gasteiger partial charge in [-0.3, -0.25) is 9.59 Å². The van der Waals surface area contributed by atoms with Crippen molar-refractivity contribution in [3.05, 3.63) is 29.3 Å². The predicted octanol–water partition coefficient (Wildman–Crippen LogP) is 3.21. The van der Waals surface area contributed by atoms with Gasteiger partial charge in [-0.05, 0) is 75.8 Å². The lowest BCUT2D eigenvalue weighted by molar-refractivity contribution is -0.199. The molecule has 3 N–H and O–H groups in total. The summed E-state index contributed by atoms with van der Waals surface area (Å²) < 4.78 is 24.4. The number of hydrogen-bond donors (Lipinski definition) is 2. The SMILES string of the molecule is COc1c(CC(NC(=O)CCC(N)=O)B2OC3CC4CC(C4(C)C)C3(C)O2)cccc1C(=O)OC(C)(C)C. The second-order valence-electron chi connectivity index (χ2n) is 12.7. The van der Waals surface area contributed by atoms with E-state index in [4.69, 9.17) is 24.5 Å². The molecule has 0 aromatic heterocycles. The van der Waals surface area contributed by atoms with Crippen LogP contribution in [-0.4, -0.2) is 55.3 Å². The lowest BCUT2D eigenvalue weighted by Gasteiger charge is -2.64. The standard InChI is InChI=1S/C28H41BN2O7/c1-26(2,3)36-25(34)18-10-8-9-16(24(18)35-7)13-21(31-23(33)12-11-22(30)32)29-37-20-15-17-14-19(27(17,4)5)28(20,6)38-29/h8-10,17,19-21H,11-15H2,1-7H3,(H2,30,32)(H,31,33). The highest BCUT2D eigenvalue weighted by molar-refractivity contribution is 6.48. The van der Waals surface area contributed by atoms with Gasteiger partial charge in [-0.2, -0.15) is 0 Å². The molecular weight excluding hydrogens is 487 g/mol. The number of ether oxygens (including phenoxy) is 2. The number of para-hydroxylation sites is 1. The molecule has 208 valence electrons. The molecule has 5 atom stereocenters. The second kappa shape index (κ2) is 10.2. The number of benzene rings is 1. The first-order chi connectivity index (χ1) is 17.7. The highest BCUT2D eigenvalue weighted by atomic mass is 16.7. The highest BCUT2D eigenvalue weighted by Gasteiger charge is 2.68. The number of carbonyl (C=O) groups excluding carboxylic acids is 3. The van der Waals surface area contributed by atoms with Crippen LogP contribution in [0.3, 0.4) is 0 Å². The molecule has 3 aliphatic carbocycles. The number of amides is 2. The molecule has 1 aromatic rings. The van der Waals surface area contributed by atoms with E-state index < -0.39 is 36.1 Å². The Morgan fingerprint density at radius 1 is 1.18 bits per heavy atom. The van der Waals surface area contributed by atoms with E-state index in [0.29, 0.717) is 28.7 Å². The normalized spacial score (nSPS) is 28.1. The maximum atomic E-state index is 12.9. The first-order valence-electron chi connectivity index (χ1n) is 13.5. The lowest BCUT2D eigenvalue weighted by atomic mass is 9.43. The fourth-order valence-electron chi connectivity index (χ4n) is 6.52. The fourth-order valence-corrected chi connectivity index (χ4v) is 6.52. The molecular formula is C28H41BN2O7. The van der Waals surface area contributed by atoms with Crippen LogP contribution in [0.15, 0.2) is 18.2 Å². The van der Waals surface area contributed by atoms with Crippen molar-refractivity contribution in [2.45, 2.75) is 96.9 Å². The Morgan fingerprint density at radius 2 is 1.89 bits per heavy atom. The Kier molecular flexibility index (Phi) is 7.62. The van der Waals surface area contributed by atoms with Gasteiger partial charge < -0.3 is 29.8 Å². The van der Waals surface area contributed by atoms with Gasteiger partial charge in [0.15, 0.2) is 0 Å². The quantitative estimate of drug-likeness (QED) is 0.372. The molecule has 1 heterocycles. The van der Waals surface area contributed by atoms with Gasteiger partial charge in [0.1, 0.15) is 16.9 Å². The average molecular weight is 528 g/mol. The Bertz CT molecular complexity index is 1100. The first-order valence-corrected chi connectivity index (χ1v) is 13.5. The zero-order valence-corrected chi connectivity index (χ0v) is 23.6. The Labute approximate surface area is 225 Å². The number of rotatable bonds is 9. The monoisotopic (exact) mass is 528 g/mol. The molecule has 4 aliphatic rings. The third-order valence-corrected chi connectivity index (χ3v) is 8.60. The molecule has 1 saturated heterocycles. The number of hydrogen-bond acceptors (Lipinski definition) is 7. The topological polar surface area (TPSA) is 126 Å². The van der Waals surface area contributed by atoms with Crippen molar-refractivity contribution < 1.29 is 33.2 Å². The average Bonchev–Trinajstić information content (AvgIpc) is 3.18.